The van der Waals surface area contributed by atoms with Crippen LogP contribution in [-0.4, -0.2) is 20.4 Å². The quantitative estimate of drug-likeness (QED) is 0.282. The molecule has 0 amide bonds. The second-order valence-corrected chi connectivity index (χ2v) is 8.43. The van der Waals surface area contributed by atoms with Gasteiger partial charge >= 0.3 is 0 Å². The molecule has 0 unspecified atom stereocenters. The molecule has 0 N–H and O–H groups in total. The van der Waals surface area contributed by atoms with Gasteiger partial charge in [-0.15, -0.1) is 0 Å². The Morgan fingerprint density at radius 2 is 1.49 bits per heavy atom. The first-order valence-corrected chi connectivity index (χ1v) is 11.6. The van der Waals surface area contributed by atoms with E-state index in [0.717, 1.165) is 33.9 Å². The van der Waals surface area contributed by atoms with Crippen LogP contribution in [0.15, 0.2) is 108 Å². The van der Waals surface area contributed by atoms with Gasteiger partial charge in [0.1, 0.15) is 11.5 Å². The predicted octanol–water partition coefficient (Wildman–Crippen LogP) is 7.35. The molecule has 35 heavy (non-hydrogen) atoms. The fourth-order valence-corrected chi connectivity index (χ4v) is 4.40. The van der Waals surface area contributed by atoms with E-state index in [4.69, 9.17) is 19.2 Å². The number of methoxy groups -OCH3 is 2. The zero-order valence-corrected chi connectivity index (χ0v) is 20.1. The molecule has 174 valence electrons. The van der Waals surface area contributed by atoms with Crippen LogP contribution in [0.5, 0.6) is 17.2 Å². The minimum atomic E-state index is -0.0431. The lowest BCUT2D eigenvalue weighted by molar-refractivity contribution is 0.354. The molecule has 4 aromatic rings. The fraction of sp³-hybridized carbons (Fsp3) is 0.129. The molecule has 4 heteroatoms. The Balaban J connectivity index is 1.73. The summed E-state index contributed by atoms with van der Waals surface area (Å²) in [4.78, 5) is 4.85. The van der Waals surface area contributed by atoms with Gasteiger partial charge in [-0.1, -0.05) is 66.2 Å². The summed E-state index contributed by atoms with van der Waals surface area (Å²) in [6, 6.07) is 32.7. The second-order valence-electron chi connectivity index (χ2n) is 8.43. The normalized spacial score (nSPS) is 15.0. The number of hydrogen-bond donors (Lipinski definition) is 0. The summed E-state index contributed by atoms with van der Waals surface area (Å²) in [5.41, 5.74) is 6.23. The number of para-hydroxylation sites is 1. The second kappa shape index (κ2) is 9.90. The van der Waals surface area contributed by atoms with Crippen molar-refractivity contribution >= 4 is 17.7 Å². The van der Waals surface area contributed by atoms with E-state index in [2.05, 4.69) is 49.4 Å². The van der Waals surface area contributed by atoms with E-state index >= 15 is 0 Å². The van der Waals surface area contributed by atoms with Gasteiger partial charge in [-0.2, -0.15) is 0 Å². The number of rotatable bonds is 6. The van der Waals surface area contributed by atoms with E-state index in [9.17, 15) is 0 Å². The third kappa shape index (κ3) is 4.56. The number of nitrogens with zero attached hydrogens (tertiary/aromatic N) is 1. The lowest BCUT2D eigenvalue weighted by Gasteiger charge is -2.30. The molecule has 0 spiro atoms. The van der Waals surface area contributed by atoms with Crippen molar-refractivity contribution < 1.29 is 14.2 Å². The molecule has 0 fully saturated rings. The Hall–Kier alpha value is -4.31. The Morgan fingerprint density at radius 3 is 2.23 bits per heavy atom. The van der Waals surface area contributed by atoms with Gasteiger partial charge in [-0.3, -0.25) is 4.99 Å². The molecule has 4 nitrogen and oxygen atoms in total. The molecule has 1 aliphatic heterocycles. The van der Waals surface area contributed by atoms with Crippen LogP contribution in [0.1, 0.15) is 28.2 Å². The third-order valence-electron chi connectivity index (χ3n) is 6.18. The molecule has 0 aliphatic carbocycles. The Labute approximate surface area is 206 Å². The first kappa shape index (κ1) is 22.5. The minimum Gasteiger partial charge on any atom is -0.493 e. The number of aryl methyl sites for hydroxylation is 1. The van der Waals surface area contributed by atoms with Crippen molar-refractivity contribution in [1.29, 1.82) is 0 Å². The monoisotopic (exact) mass is 461 g/mol. The number of allylic oxidation sites excluding steroid dienone is 1. The van der Waals surface area contributed by atoms with Crippen molar-refractivity contribution in [3.05, 3.63) is 125 Å². The summed E-state index contributed by atoms with van der Waals surface area (Å²) in [6.45, 7) is 2.07. The number of hydrogen-bond acceptors (Lipinski definition) is 4. The molecular formula is C31H27NO3. The Morgan fingerprint density at radius 1 is 0.771 bits per heavy atom. The minimum absolute atomic E-state index is 0.0431. The zero-order valence-electron chi connectivity index (χ0n) is 20.1. The van der Waals surface area contributed by atoms with E-state index in [1.54, 1.807) is 14.2 Å². The van der Waals surface area contributed by atoms with Gasteiger partial charge in [0.2, 0.25) is 0 Å². The highest BCUT2D eigenvalue weighted by Gasteiger charge is 2.31. The van der Waals surface area contributed by atoms with Crippen LogP contribution in [-0.2, 0) is 0 Å². The van der Waals surface area contributed by atoms with E-state index in [0.29, 0.717) is 11.5 Å². The largest absolute Gasteiger partial charge is 0.493 e. The lowest BCUT2D eigenvalue weighted by Crippen LogP contribution is -2.17. The van der Waals surface area contributed by atoms with E-state index in [1.807, 2.05) is 60.8 Å². The average Bonchev–Trinajstić information content (AvgIpc) is 2.92. The lowest BCUT2D eigenvalue weighted by atomic mass is 9.81. The van der Waals surface area contributed by atoms with Crippen LogP contribution >= 0.6 is 0 Å². The molecule has 5 rings (SSSR count). The zero-order chi connectivity index (χ0) is 24.2. The molecule has 0 radical (unpaired) electrons. The first-order valence-electron chi connectivity index (χ1n) is 11.6. The number of benzene rings is 4. The van der Waals surface area contributed by atoms with Crippen LogP contribution in [0, 0.1) is 6.92 Å². The van der Waals surface area contributed by atoms with E-state index in [1.165, 1.54) is 11.1 Å². The predicted molar refractivity (Wildman–Crippen MR) is 141 cm³/mol. The molecule has 0 saturated carbocycles. The SMILES string of the molecule is COc1ccc(C2=C(C=Nc3ccc(C)cc3)[C@H](c3ccccc3)c3ccccc3O2)cc1OC. The van der Waals surface area contributed by atoms with Gasteiger partial charge in [0.15, 0.2) is 11.5 Å². The average molecular weight is 462 g/mol. The van der Waals surface area contributed by atoms with Gasteiger partial charge in [0.05, 0.1) is 19.9 Å². The van der Waals surface area contributed by atoms with Crippen molar-refractivity contribution in [3.63, 3.8) is 0 Å². The standard InChI is InChI=1S/C31H27NO3/c1-21-13-16-24(17-14-21)32-20-26-30(22-9-5-4-6-10-22)25-11-7-8-12-27(25)35-31(26)23-15-18-28(33-2)29(19-23)34-3/h4-20,30H,1-3H3/t30-/m1/s1. The number of aliphatic imine (C=N–C) groups is 1. The van der Waals surface area contributed by atoms with E-state index < -0.39 is 0 Å². The van der Waals surface area contributed by atoms with Crippen LogP contribution in [0.4, 0.5) is 5.69 Å². The maximum atomic E-state index is 6.55. The highest BCUT2D eigenvalue weighted by Crippen LogP contribution is 2.46. The van der Waals surface area contributed by atoms with Crippen molar-refractivity contribution in [2.75, 3.05) is 14.2 Å². The van der Waals surface area contributed by atoms with Crippen molar-refractivity contribution in [2.24, 2.45) is 4.99 Å². The maximum Gasteiger partial charge on any atom is 0.161 e. The number of ether oxygens (including phenoxy) is 3. The Kier molecular flexibility index (Phi) is 6.36. The molecule has 1 atom stereocenters. The van der Waals surface area contributed by atoms with E-state index in [-0.39, 0.29) is 5.92 Å². The summed E-state index contributed by atoms with van der Waals surface area (Å²) < 4.78 is 17.6. The van der Waals surface area contributed by atoms with Crippen molar-refractivity contribution in [2.45, 2.75) is 12.8 Å². The first-order chi connectivity index (χ1) is 17.2. The summed E-state index contributed by atoms with van der Waals surface area (Å²) in [5, 5.41) is 0. The Bertz CT molecular complexity index is 1390. The molecule has 0 aromatic heterocycles. The molecule has 1 aliphatic rings. The smallest absolute Gasteiger partial charge is 0.161 e. The maximum absolute atomic E-state index is 6.55. The third-order valence-corrected chi connectivity index (χ3v) is 6.18. The van der Waals surface area contributed by atoms with Crippen LogP contribution in [0.25, 0.3) is 5.76 Å². The highest BCUT2D eigenvalue weighted by molar-refractivity contribution is 5.95. The van der Waals surface area contributed by atoms with Crippen LogP contribution in [0.2, 0.25) is 0 Å². The van der Waals surface area contributed by atoms with Gasteiger partial charge in [-0.05, 0) is 48.9 Å². The topological polar surface area (TPSA) is 40.0 Å². The molecule has 1 heterocycles. The van der Waals surface area contributed by atoms with Gasteiger partial charge in [0, 0.05) is 28.8 Å². The molecule has 4 aromatic carbocycles. The van der Waals surface area contributed by atoms with Gasteiger partial charge in [0.25, 0.3) is 0 Å². The van der Waals surface area contributed by atoms with Crippen LogP contribution < -0.4 is 14.2 Å². The molecule has 0 bridgehead atoms. The fourth-order valence-electron chi connectivity index (χ4n) is 4.40. The van der Waals surface area contributed by atoms with Gasteiger partial charge in [-0.25, -0.2) is 0 Å². The number of fused-ring (bicyclic) bond motifs is 1. The summed E-state index contributed by atoms with van der Waals surface area (Å²) >= 11 is 0. The van der Waals surface area contributed by atoms with Gasteiger partial charge < -0.3 is 14.2 Å². The molecular weight excluding hydrogens is 434 g/mol. The summed E-state index contributed by atoms with van der Waals surface area (Å²) in [7, 11) is 3.27. The summed E-state index contributed by atoms with van der Waals surface area (Å²) in [6.07, 6.45) is 1.93. The van der Waals surface area contributed by atoms with Crippen molar-refractivity contribution in [3.8, 4) is 17.2 Å². The summed E-state index contributed by atoms with van der Waals surface area (Å²) in [5.74, 6) is 2.85. The van der Waals surface area contributed by atoms with Crippen LogP contribution in [0.3, 0.4) is 0 Å². The molecule has 0 saturated heterocycles. The van der Waals surface area contributed by atoms with Crippen molar-refractivity contribution in [1.82, 2.24) is 0 Å². The highest BCUT2D eigenvalue weighted by atomic mass is 16.5.